The Morgan fingerprint density at radius 2 is 1.74 bits per heavy atom. The Morgan fingerprint density at radius 1 is 1.00 bits per heavy atom. The van der Waals surface area contributed by atoms with Gasteiger partial charge in [0.2, 0.25) is 0 Å². The minimum Gasteiger partial charge on any atom is -0.508 e. The van der Waals surface area contributed by atoms with E-state index in [1.165, 1.54) is 0 Å². The van der Waals surface area contributed by atoms with E-state index in [2.05, 4.69) is 0 Å². The van der Waals surface area contributed by atoms with Gasteiger partial charge in [-0.15, -0.1) is 0 Å². The van der Waals surface area contributed by atoms with Crippen molar-refractivity contribution in [3.63, 3.8) is 0 Å². The topological polar surface area (TPSA) is 49.7 Å². The molecule has 0 saturated heterocycles. The average molecular weight is 314 g/mol. The van der Waals surface area contributed by atoms with E-state index >= 15 is 0 Å². The number of alkyl halides is 1. The Balaban J connectivity index is 1.76. The predicted octanol–water partition coefficient (Wildman–Crippen LogP) is 4.31. The molecule has 3 nitrogen and oxygen atoms in total. The molecule has 4 heteroatoms. The Bertz CT molecular complexity index is 713. The molecule has 1 aliphatic carbocycles. The molecule has 2 N–H and O–H groups in total. The Labute approximate surface area is 134 Å². The van der Waals surface area contributed by atoms with Gasteiger partial charge in [-0.2, -0.15) is 0 Å². The number of phenolic OH excluding ortho intramolecular Hbond substituents is 2. The first-order valence-corrected chi connectivity index (χ1v) is 8.00. The lowest BCUT2D eigenvalue weighted by Gasteiger charge is -2.36. The molecule has 1 fully saturated rings. The van der Waals surface area contributed by atoms with Gasteiger partial charge in [-0.1, -0.05) is 12.1 Å². The summed E-state index contributed by atoms with van der Waals surface area (Å²) in [6, 6.07) is 12.2. The number of hydrogen-bond acceptors (Lipinski definition) is 3. The smallest absolute Gasteiger partial charge is 0.127 e. The van der Waals surface area contributed by atoms with Crippen LogP contribution in [0.3, 0.4) is 0 Å². The molecule has 2 aromatic rings. The van der Waals surface area contributed by atoms with Crippen molar-refractivity contribution in [1.29, 1.82) is 0 Å². The molecule has 0 unspecified atom stereocenters. The second-order valence-electron chi connectivity index (χ2n) is 6.61. The highest BCUT2D eigenvalue weighted by atomic mass is 19.1. The van der Waals surface area contributed by atoms with Crippen molar-refractivity contribution in [1.82, 2.24) is 0 Å². The third-order valence-corrected chi connectivity index (χ3v) is 5.19. The molecule has 1 aliphatic heterocycles. The van der Waals surface area contributed by atoms with Crippen LogP contribution in [0.25, 0.3) is 0 Å². The van der Waals surface area contributed by atoms with Crippen LogP contribution in [-0.2, 0) is 0 Å². The van der Waals surface area contributed by atoms with E-state index in [0.29, 0.717) is 0 Å². The summed E-state index contributed by atoms with van der Waals surface area (Å²) in [5, 5.41) is 19.3. The Morgan fingerprint density at radius 3 is 2.48 bits per heavy atom. The van der Waals surface area contributed by atoms with E-state index < -0.39 is 0 Å². The number of halogens is 1. The number of hydrogen-bond donors (Lipinski definition) is 2. The number of fused-ring (bicyclic) bond motifs is 3. The summed E-state index contributed by atoms with van der Waals surface area (Å²) in [7, 11) is 0. The maximum absolute atomic E-state index is 13.3. The maximum atomic E-state index is 13.3. The van der Waals surface area contributed by atoms with Crippen molar-refractivity contribution in [2.45, 2.75) is 24.9 Å². The summed E-state index contributed by atoms with van der Waals surface area (Å²) in [5.74, 6) is 1.64. The minimum absolute atomic E-state index is 0.0431. The fourth-order valence-electron chi connectivity index (χ4n) is 4.13. The van der Waals surface area contributed by atoms with Gasteiger partial charge in [0.1, 0.15) is 23.4 Å². The van der Waals surface area contributed by atoms with Gasteiger partial charge in [0.15, 0.2) is 0 Å². The minimum atomic E-state index is -0.316. The van der Waals surface area contributed by atoms with Crippen LogP contribution in [-0.4, -0.2) is 16.9 Å². The summed E-state index contributed by atoms with van der Waals surface area (Å²) in [6.07, 6.45) is 1.42. The highest BCUT2D eigenvalue weighted by Gasteiger charge is 2.45. The number of aromatic hydroxyl groups is 2. The van der Waals surface area contributed by atoms with E-state index in [1.54, 1.807) is 30.3 Å². The van der Waals surface area contributed by atoms with E-state index in [1.807, 2.05) is 12.1 Å². The molecule has 2 aliphatic rings. The molecule has 4 atom stereocenters. The molecule has 0 radical (unpaired) electrons. The van der Waals surface area contributed by atoms with Crippen LogP contribution in [0.2, 0.25) is 0 Å². The van der Waals surface area contributed by atoms with Crippen LogP contribution in [0.15, 0.2) is 42.5 Å². The van der Waals surface area contributed by atoms with E-state index in [0.717, 1.165) is 29.7 Å². The van der Waals surface area contributed by atoms with E-state index in [9.17, 15) is 14.6 Å². The largest absolute Gasteiger partial charge is 0.508 e. The van der Waals surface area contributed by atoms with Gasteiger partial charge in [-0.3, -0.25) is 4.39 Å². The molecule has 2 aromatic carbocycles. The van der Waals surface area contributed by atoms with Gasteiger partial charge in [-0.05, 0) is 60.6 Å². The highest BCUT2D eigenvalue weighted by molar-refractivity contribution is 5.46. The zero-order chi connectivity index (χ0) is 16.0. The lowest BCUT2D eigenvalue weighted by atomic mass is 9.80. The van der Waals surface area contributed by atoms with Crippen LogP contribution in [0.4, 0.5) is 4.39 Å². The summed E-state index contributed by atoms with van der Waals surface area (Å²) < 4.78 is 19.5. The average Bonchev–Trinajstić information content (AvgIpc) is 3.00. The quantitative estimate of drug-likeness (QED) is 0.868. The van der Waals surface area contributed by atoms with Gasteiger partial charge < -0.3 is 14.9 Å². The van der Waals surface area contributed by atoms with Crippen LogP contribution < -0.4 is 4.74 Å². The van der Waals surface area contributed by atoms with E-state index in [4.69, 9.17) is 4.74 Å². The predicted molar refractivity (Wildman–Crippen MR) is 84.5 cm³/mol. The maximum Gasteiger partial charge on any atom is 0.127 e. The first-order chi connectivity index (χ1) is 11.2. The van der Waals surface area contributed by atoms with Crippen molar-refractivity contribution in [2.75, 3.05) is 6.67 Å². The molecule has 4 rings (SSSR count). The SMILES string of the molecule is Oc1ccc([C@H]2Oc3ccc(O)cc3[C@H]3C[C@@H](CF)C[C@H]32)cc1. The van der Waals surface area contributed by atoms with Gasteiger partial charge in [0, 0.05) is 11.5 Å². The Hall–Kier alpha value is -2.23. The molecule has 1 saturated carbocycles. The van der Waals surface area contributed by atoms with Crippen LogP contribution >= 0.6 is 0 Å². The lowest BCUT2D eigenvalue weighted by Crippen LogP contribution is -2.26. The van der Waals surface area contributed by atoms with Crippen molar-refractivity contribution in [2.24, 2.45) is 11.8 Å². The van der Waals surface area contributed by atoms with Crippen molar-refractivity contribution in [3.8, 4) is 17.2 Å². The van der Waals surface area contributed by atoms with Gasteiger partial charge in [-0.25, -0.2) is 0 Å². The number of ether oxygens (including phenoxy) is 1. The number of phenols is 2. The second kappa shape index (κ2) is 5.44. The highest BCUT2D eigenvalue weighted by Crippen LogP contribution is 2.56. The molecule has 1 heterocycles. The molecular weight excluding hydrogens is 295 g/mol. The lowest BCUT2D eigenvalue weighted by molar-refractivity contribution is 0.102. The Kier molecular flexibility index (Phi) is 3.40. The number of rotatable bonds is 2. The molecular formula is C19H19FO3. The van der Waals surface area contributed by atoms with Crippen LogP contribution in [0.5, 0.6) is 17.2 Å². The van der Waals surface area contributed by atoms with Crippen LogP contribution in [0.1, 0.15) is 36.0 Å². The van der Waals surface area contributed by atoms with Gasteiger partial charge >= 0.3 is 0 Å². The third-order valence-electron chi connectivity index (χ3n) is 5.19. The molecule has 23 heavy (non-hydrogen) atoms. The monoisotopic (exact) mass is 314 g/mol. The molecule has 120 valence electrons. The standard InChI is InChI=1S/C19H19FO3/c20-10-11-7-15-16-9-14(22)5-6-18(16)23-19(17(15)8-11)12-1-3-13(21)4-2-12/h1-6,9,11,15,17,19,21-22H,7-8,10H2/t11-,15-,17-,19-/m1/s1. The fraction of sp³-hybridized carbons (Fsp3) is 0.368. The third kappa shape index (κ3) is 2.42. The van der Waals surface area contributed by atoms with E-state index in [-0.39, 0.29) is 42.0 Å². The first kappa shape index (κ1) is 14.4. The van der Waals surface area contributed by atoms with Crippen molar-refractivity contribution < 1.29 is 19.3 Å². The second-order valence-corrected chi connectivity index (χ2v) is 6.61. The molecule has 0 bridgehead atoms. The molecule has 0 aromatic heterocycles. The van der Waals surface area contributed by atoms with Crippen molar-refractivity contribution >= 4 is 0 Å². The molecule has 0 spiro atoms. The first-order valence-electron chi connectivity index (χ1n) is 8.00. The van der Waals surface area contributed by atoms with Gasteiger partial charge in [0.05, 0.1) is 6.67 Å². The summed E-state index contributed by atoms with van der Waals surface area (Å²) in [5.41, 5.74) is 1.98. The van der Waals surface area contributed by atoms with Gasteiger partial charge in [0.25, 0.3) is 0 Å². The van der Waals surface area contributed by atoms with Crippen LogP contribution in [0, 0.1) is 11.8 Å². The summed E-state index contributed by atoms with van der Waals surface area (Å²) in [6.45, 7) is -0.316. The fourth-order valence-corrected chi connectivity index (χ4v) is 4.13. The zero-order valence-electron chi connectivity index (χ0n) is 12.7. The van der Waals surface area contributed by atoms with Crippen molar-refractivity contribution in [3.05, 3.63) is 53.6 Å². The number of benzene rings is 2. The normalized spacial score (nSPS) is 28.7. The summed E-state index contributed by atoms with van der Waals surface area (Å²) in [4.78, 5) is 0. The zero-order valence-corrected chi connectivity index (χ0v) is 12.7. The summed E-state index contributed by atoms with van der Waals surface area (Å²) >= 11 is 0. The molecule has 0 amide bonds.